The van der Waals surface area contributed by atoms with Gasteiger partial charge in [0.05, 0.1) is 32.0 Å². The number of hydrogen-bond donors (Lipinski definition) is 3. The normalized spacial score (nSPS) is 11.0. The van der Waals surface area contributed by atoms with Crippen LogP contribution in [0, 0.1) is 6.92 Å². The van der Waals surface area contributed by atoms with Crippen LogP contribution < -0.4 is 15.8 Å². The molecule has 0 atom stereocenters. The van der Waals surface area contributed by atoms with Crippen LogP contribution in [0.5, 0.6) is 5.75 Å². The molecule has 0 aliphatic carbocycles. The zero-order valence-corrected chi connectivity index (χ0v) is 16.3. The van der Waals surface area contributed by atoms with Crippen LogP contribution in [0.15, 0.2) is 35.0 Å². The molecule has 0 aliphatic rings. The van der Waals surface area contributed by atoms with E-state index in [4.69, 9.17) is 15.0 Å². The van der Waals surface area contributed by atoms with Crippen LogP contribution in [0.4, 0.5) is 11.8 Å². The van der Waals surface area contributed by atoms with E-state index >= 15 is 0 Å². The highest BCUT2D eigenvalue weighted by atomic mass is 16.5. The van der Waals surface area contributed by atoms with Crippen molar-refractivity contribution < 1.29 is 19.2 Å². The third-order valence-electron chi connectivity index (χ3n) is 4.47. The Bertz CT molecular complexity index is 1230. The number of hydrogen-bond acceptors (Lipinski definition) is 9. The van der Waals surface area contributed by atoms with Crippen molar-refractivity contribution >= 4 is 28.8 Å². The summed E-state index contributed by atoms with van der Waals surface area (Å²) in [5, 5.41) is 20.7. The molecule has 1 aromatic carbocycles. The van der Waals surface area contributed by atoms with E-state index in [1.807, 2.05) is 13.0 Å². The van der Waals surface area contributed by atoms with Gasteiger partial charge in [-0.25, -0.2) is 9.78 Å². The second-order valence-electron chi connectivity index (χ2n) is 6.58. The van der Waals surface area contributed by atoms with Gasteiger partial charge >= 0.3 is 5.97 Å². The van der Waals surface area contributed by atoms with Crippen LogP contribution in [0.1, 0.15) is 27.4 Å². The average molecular weight is 409 g/mol. The number of aromatic carboxylic acids is 1. The Balaban J connectivity index is 1.69. The summed E-state index contributed by atoms with van der Waals surface area (Å²) in [7, 11) is 1.49. The number of fused-ring (bicyclic) bond motifs is 1. The molecule has 0 saturated carbocycles. The first-order chi connectivity index (χ1) is 14.4. The van der Waals surface area contributed by atoms with Gasteiger partial charge in [-0.15, -0.1) is 0 Å². The number of methoxy groups -OCH3 is 1. The highest BCUT2D eigenvalue weighted by molar-refractivity contribution is 5.88. The quantitative estimate of drug-likeness (QED) is 0.413. The first kappa shape index (κ1) is 19.2. The monoisotopic (exact) mass is 409 g/mol. The van der Waals surface area contributed by atoms with Crippen LogP contribution in [-0.2, 0) is 13.1 Å². The molecule has 0 aliphatic heterocycles. The molecule has 154 valence electrons. The van der Waals surface area contributed by atoms with Crippen LogP contribution in [0.3, 0.4) is 0 Å². The van der Waals surface area contributed by atoms with Crippen molar-refractivity contribution in [3.05, 3.63) is 53.0 Å². The highest BCUT2D eigenvalue weighted by Gasteiger charge is 2.16. The number of ether oxygens (including phenoxy) is 1. The van der Waals surface area contributed by atoms with E-state index in [9.17, 15) is 9.90 Å². The topological polar surface area (TPSA) is 154 Å². The molecule has 4 rings (SSSR count). The molecule has 30 heavy (non-hydrogen) atoms. The molecular formula is C19H19N7O4. The molecule has 11 nitrogen and oxygen atoms in total. The summed E-state index contributed by atoms with van der Waals surface area (Å²) in [5.41, 5.74) is 8.67. The fourth-order valence-electron chi connectivity index (χ4n) is 3.11. The van der Waals surface area contributed by atoms with E-state index in [-0.39, 0.29) is 11.5 Å². The van der Waals surface area contributed by atoms with Gasteiger partial charge in [0.25, 0.3) is 0 Å². The molecule has 0 saturated heterocycles. The first-order valence-electron chi connectivity index (χ1n) is 9.00. The molecule has 0 spiro atoms. The van der Waals surface area contributed by atoms with E-state index in [0.717, 1.165) is 11.3 Å². The van der Waals surface area contributed by atoms with Crippen LogP contribution in [0.25, 0.3) is 11.0 Å². The van der Waals surface area contributed by atoms with Crippen molar-refractivity contribution in [1.82, 2.24) is 24.9 Å². The van der Waals surface area contributed by atoms with E-state index < -0.39 is 5.97 Å². The standard InChI is InChI=1S/C19H19N7O4/c1-10-5-13(25-30-10)7-21-17-16-14(23-19(20)24-17)8-22-26(16)9-12-4-3-11(18(27)28)6-15(12)29-2/h3-6,8H,7,9H2,1-2H3,(H,27,28)(H3,20,21,23,24). The predicted molar refractivity (Wildman–Crippen MR) is 107 cm³/mol. The van der Waals surface area contributed by atoms with Gasteiger partial charge in [-0.1, -0.05) is 11.2 Å². The summed E-state index contributed by atoms with van der Waals surface area (Å²) in [6.45, 7) is 2.51. The highest BCUT2D eigenvalue weighted by Crippen LogP contribution is 2.26. The molecule has 0 unspecified atom stereocenters. The number of aryl methyl sites for hydroxylation is 1. The number of carbonyl (C=O) groups is 1. The molecule has 4 aromatic rings. The van der Waals surface area contributed by atoms with Crippen molar-refractivity contribution in [3.63, 3.8) is 0 Å². The van der Waals surface area contributed by atoms with Crippen molar-refractivity contribution in [2.24, 2.45) is 0 Å². The van der Waals surface area contributed by atoms with Crippen molar-refractivity contribution in [2.75, 3.05) is 18.2 Å². The van der Waals surface area contributed by atoms with Crippen molar-refractivity contribution in [2.45, 2.75) is 20.0 Å². The zero-order chi connectivity index (χ0) is 21.3. The minimum Gasteiger partial charge on any atom is -0.496 e. The van der Waals surface area contributed by atoms with Crippen molar-refractivity contribution in [1.29, 1.82) is 0 Å². The molecular weight excluding hydrogens is 390 g/mol. The number of nitrogens with two attached hydrogens (primary N) is 1. The third kappa shape index (κ3) is 3.72. The van der Waals surface area contributed by atoms with Gasteiger partial charge in [0, 0.05) is 11.6 Å². The van der Waals surface area contributed by atoms with Gasteiger partial charge in [-0.3, -0.25) is 4.68 Å². The Morgan fingerprint density at radius 3 is 2.87 bits per heavy atom. The van der Waals surface area contributed by atoms with E-state index in [1.54, 1.807) is 16.9 Å². The number of carboxylic acids is 1. The average Bonchev–Trinajstić information content (AvgIpc) is 3.32. The molecule has 0 fully saturated rings. The Hall–Kier alpha value is -4.15. The lowest BCUT2D eigenvalue weighted by molar-refractivity contribution is 0.0696. The van der Waals surface area contributed by atoms with Gasteiger partial charge in [-0.2, -0.15) is 10.1 Å². The number of benzene rings is 1. The summed E-state index contributed by atoms with van der Waals surface area (Å²) in [5.74, 6) is 0.743. The lowest BCUT2D eigenvalue weighted by Gasteiger charge is -2.12. The number of nitrogen functional groups attached to an aromatic ring is 1. The van der Waals surface area contributed by atoms with E-state index in [2.05, 4.69) is 25.5 Å². The van der Waals surface area contributed by atoms with E-state index in [0.29, 0.717) is 41.5 Å². The number of nitrogens with one attached hydrogen (secondary N) is 1. The summed E-state index contributed by atoms with van der Waals surface area (Å²) in [4.78, 5) is 19.8. The Morgan fingerprint density at radius 2 is 2.17 bits per heavy atom. The number of carboxylic acid groups (broad SMARTS) is 1. The Morgan fingerprint density at radius 1 is 1.33 bits per heavy atom. The number of nitrogens with zero attached hydrogens (tertiary/aromatic N) is 5. The van der Waals surface area contributed by atoms with Crippen LogP contribution >= 0.6 is 0 Å². The van der Waals surface area contributed by atoms with Crippen LogP contribution in [-0.4, -0.2) is 43.1 Å². The van der Waals surface area contributed by atoms with Gasteiger partial charge in [0.2, 0.25) is 5.95 Å². The molecule has 3 heterocycles. The van der Waals surface area contributed by atoms with Crippen molar-refractivity contribution in [3.8, 4) is 5.75 Å². The smallest absolute Gasteiger partial charge is 0.335 e. The van der Waals surface area contributed by atoms with Gasteiger partial charge in [0.1, 0.15) is 28.2 Å². The zero-order valence-electron chi connectivity index (χ0n) is 16.3. The Labute approximate surface area is 170 Å². The summed E-state index contributed by atoms with van der Waals surface area (Å²) < 4.78 is 12.1. The third-order valence-corrected chi connectivity index (χ3v) is 4.47. The summed E-state index contributed by atoms with van der Waals surface area (Å²) in [6, 6.07) is 6.51. The first-order valence-corrected chi connectivity index (χ1v) is 9.00. The molecule has 0 bridgehead atoms. The van der Waals surface area contributed by atoms with Gasteiger partial charge < -0.3 is 25.4 Å². The summed E-state index contributed by atoms with van der Waals surface area (Å²) >= 11 is 0. The maximum Gasteiger partial charge on any atom is 0.335 e. The number of anilines is 2. The molecule has 11 heteroatoms. The fraction of sp³-hybridized carbons (Fsp3) is 0.211. The molecule has 4 N–H and O–H groups in total. The fourth-order valence-corrected chi connectivity index (χ4v) is 3.11. The van der Waals surface area contributed by atoms with Gasteiger partial charge in [0.15, 0.2) is 5.82 Å². The maximum atomic E-state index is 11.2. The number of aromatic nitrogens is 5. The second kappa shape index (κ2) is 7.70. The van der Waals surface area contributed by atoms with E-state index in [1.165, 1.54) is 19.2 Å². The SMILES string of the molecule is COc1cc(C(=O)O)ccc1Cn1ncc2nc(N)nc(NCc3cc(C)on3)c21. The lowest BCUT2D eigenvalue weighted by atomic mass is 10.1. The van der Waals surface area contributed by atoms with Gasteiger partial charge in [-0.05, 0) is 19.1 Å². The van der Waals surface area contributed by atoms with Crippen LogP contribution in [0.2, 0.25) is 0 Å². The molecule has 3 aromatic heterocycles. The predicted octanol–water partition coefficient (Wildman–Crippen LogP) is 2.07. The Kier molecular flexibility index (Phi) is 4.92. The maximum absolute atomic E-state index is 11.2. The lowest BCUT2D eigenvalue weighted by Crippen LogP contribution is -2.10. The minimum atomic E-state index is -1.03. The minimum absolute atomic E-state index is 0.115. The summed E-state index contributed by atoms with van der Waals surface area (Å²) in [6.07, 6.45) is 1.59. The molecule has 0 amide bonds. The molecule has 0 radical (unpaired) electrons. The second-order valence-corrected chi connectivity index (χ2v) is 6.58. The number of rotatable bonds is 7. The largest absolute Gasteiger partial charge is 0.496 e.